The van der Waals surface area contributed by atoms with Crippen molar-refractivity contribution in [2.45, 2.75) is 19.4 Å². The fourth-order valence-corrected chi connectivity index (χ4v) is 1.98. The van der Waals surface area contributed by atoms with E-state index in [0.29, 0.717) is 28.1 Å². The van der Waals surface area contributed by atoms with Gasteiger partial charge in [0.1, 0.15) is 17.3 Å². The van der Waals surface area contributed by atoms with E-state index < -0.39 is 6.10 Å². The third-order valence-corrected chi connectivity index (χ3v) is 3.23. The quantitative estimate of drug-likeness (QED) is 0.915. The minimum atomic E-state index is -0.563. The lowest BCUT2D eigenvalue weighted by Crippen LogP contribution is -1.98. The van der Waals surface area contributed by atoms with Crippen molar-refractivity contribution in [3.05, 3.63) is 52.5 Å². The molecule has 1 aromatic carbocycles. The Labute approximate surface area is 119 Å². The van der Waals surface area contributed by atoms with E-state index >= 15 is 0 Å². The molecule has 0 fully saturated rings. The molecule has 2 rings (SSSR count). The molecule has 100 valence electrons. The zero-order valence-corrected chi connectivity index (χ0v) is 11.9. The molecule has 0 radical (unpaired) electrons. The van der Waals surface area contributed by atoms with Crippen molar-refractivity contribution in [3.8, 4) is 11.5 Å². The molecule has 0 saturated carbocycles. The Bertz CT molecular complexity index is 560. The molecule has 5 heteroatoms. The summed E-state index contributed by atoms with van der Waals surface area (Å²) in [6.07, 6.45) is 1.58. The monoisotopic (exact) mass is 325 g/mol. The lowest BCUT2D eigenvalue weighted by Gasteiger charge is -2.10. The van der Waals surface area contributed by atoms with Crippen LogP contribution in [0.25, 0.3) is 0 Å². The van der Waals surface area contributed by atoms with E-state index in [1.807, 2.05) is 6.92 Å². The van der Waals surface area contributed by atoms with Gasteiger partial charge >= 0.3 is 0 Å². The van der Waals surface area contributed by atoms with Gasteiger partial charge in [-0.2, -0.15) is 0 Å². The number of nitrogens with zero attached hydrogens (tertiary/aromatic N) is 1. The number of aliphatic hydroxyl groups excluding tert-OH is 1. The molecule has 0 saturated heterocycles. The molecular weight excluding hydrogens is 313 g/mol. The molecule has 0 spiro atoms. The van der Waals surface area contributed by atoms with Crippen LogP contribution in [-0.2, 0) is 0 Å². The van der Waals surface area contributed by atoms with Crippen LogP contribution in [0.1, 0.15) is 25.1 Å². The Morgan fingerprint density at radius 1 is 1.37 bits per heavy atom. The molecule has 0 aliphatic rings. The van der Waals surface area contributed by atoms with Gasteiger partial charge in [0.15, 0.2) is 0 Å². The van der Waals surface area contributed by atoms with Crippen molar-refractivity contribution in [2.75, 3.05) is 0 Å². The molecular formula is C14H13BrFNO2. The molecule has 1 N–H and O–H groups in total. The van der Waals surface area contributed by atoms with E-state index in [4.69, 9.17) is 4.74 Å². The van der Waals surface area contributed by atoms with Crippen molar-refractivity contribution in [1.82, 2.24) is 4.98 Å². The number of benzene rings is 1. The van der Waals surface area contributed by atoms with Crippen molar-refractivity contribution in [2.24, 2.45) is 0 Å². The molecule has 1 atom stereocenters. The summed E-state index contributed by atoms with van der Waals surface area (Å²) in [5.41, 5.74) is 0.605. The number of ether oxygens (including phenoxy) is 1. The maximum atomic E-state index is 12.9. The zero-order chi connectivity index (χ0) is 13.8. The van der Waals surface area contributed by atoms with Crippen LogP contribution < -0.4 is 4.74 Å². The Hall–Kier alpha value is -1.46. The van der Waals surface area contributed by atoms with Gasteiger partial charge in [0.2, 0.25) is 0 Å². The molecule has 0 aliphatic carbocycles. The highest BCUT2D eigenvalue weighted by Gasteiger charge is 2.08. The van der Waals surface area contributed by atoms with Gasteiger partial charge in [-0.05, 0) is 52.7 Å². The number of pyridine rings is 1. The van der Waals surface area contributed by atoms with E-state index in [9.17, 15) is 9.50 Å². The van der Waals surface area contributed by atoms with E-state index in [0.717, 1.165) is 0 Å². The average Bonchev–Trinajstić information content (AvgIpc) is 2.42. The first-order chi connectivity index (χ1) is 9.10. The molecule has 0 aliphatic heterocycles. The van der Waals surface area contributed by atoms with Gasteiger partial charge < -0.3 is 9.84 Å². The van der Waals surface area contributed by atoms with Crippen molar-refractivity contribution in [3.63, 3.8) is 0 Å². The largest absolute Gasteiger partial charge is 0.455 e. The average molecular weight is 326 g/mol. The van der Waals surface area contributed by atoms with Crippen LogP contribution in [0.3, 0.4) is 0 Å². The van der Waals surface area contributed by atoms with Gasteiger partial charge in [0.05, 0.1) is 22.5 Å². The Balaban J connectivity index is 2.15. The van der Waals surface area contributed by atoms with Crippen molar-refractivity contribution < 1.29 is 14.2 Å². The lowest BCUT2D eigenvalue weighted by atomic mass is 10.2. The highest BCUT2D eigenvalue weighted by molar-refractivity contribution is 9.10. The summed E-state index contributed by atoms with van der Waals surface area (Å²) in [7, 11) is 0. The Morgan fingerprint density at radius 2 is 2.16 bits per heavy atom. The minimum absolute atomic E-state index is 0.334. The van der Waals surface area contributed by atoms with Crippen LogP contribution in [0.15, 0.2) is 41.0 Å². The first kappa shape index (κ1) is 14.0. The van der Waals surface area contributed by atoms with Crippen molar-refractivity contribution in [1.29, 1.82) is 0 Å². The molecule has 0 bridgehead atoms. The van der Waals surface area contributed by atoms with Crippen LogP contribution in [0.2, 0.25) is 0 Å². The second-order valence-corrected chi connectivity index (χ2v) is 4.87. The molecule has 1 heterocycles. The topological polar surface area (TPSA) is 42.4 Å². The smallest absolute Gasteiger partial charge is 0.145 e. The van der Waals surface area contributed by atoms with Gasteiger partial charge in [-0.1, -0.05) is 6.92 Å². The number of aliphatic hydroxyl groups is 1. The fraction of sp³-hybridized carbons (Fsp3) is 0.214. The number of halogens is 2. The summed E-state index contributed by atoms with van der Waals surface area (Å²) in [5.74, 6) is 0.699. The standard InChI is InChI=1S/C14H13BrFNO2/c1-2-13(18)12-5-4-10(8-17-12)19-14-6-3-9(16)7-11(14)15/h3-8,13,18H,2H2,1H3/t13-/m0/s1. The summed E-state index contributed by atoms with van der Waals surface area (Å²) >= 11 is 3.23. The van der Waals surface area contributed by atoms with E-state index in [1.54, 1.807) is 12.1 Å². The summed E-state index contributed by atoms with van der Waals surface area (Å²) in [4.78, 5) is 4.13. The highest BCUT2D eigenvalue weighted by atomic mass is 79.9. The predicted octanol–water partition coefficient (Wildman–Crippen LogP) is 4.22. The van der Waals surface area contributed by atoms with E-state index in [1.165, 1.54) is 24.4 Å². The van der Waals surface area contributed by atoms with E-state index in [2.05, 4.69) is 20.9 Å². The van der Waals surface area contributed by atoms with Gasteiger partial charge in [-0.25, -0.2) is 4.39 Å². The summed E-state index contributed by atoms with van der Waals surface area (Å²) in [6.45, 7) is 1.88. The summed E-state index contributed by atoms with van der Waals surface area (Å²) < 4.78 is 19.0. The molecule has 3 nitrogen and oxygen atoms in total. The number of aromatic nitrogens is 1. The third-order valence-electron chi connectivity index (χ3n) is 2.61. The predicted molar refractivity (Wildman–Crippen MR) is 73.7 cm³/mol. The van der Waals surface area contributed by atoms with Gasteiger partial charge in [-0.15, -0.1) is 0 Å². The fourth-order valence-electron chi connectivity index (χ4n) is 1.54. The first-order valence-corrected chi connectivity index (χ1v) is 6.66. The summed E-state index contributed by atoms with van der Waals surface area (Å²) in [6, 6.07) is 7.62. The molecule has 0 amide bonds. The zero-order valence-electron chi connectivity index (χ0n) is 10.3. The molecule has 0 unspecified atom stereocenters. The van der Waals surface area contributed by atoms with Gasteiger partial charge in [0.25, 0.3) is 0 Å². The van der Waals surface area contributed by atoms with Crippen LogP contribution >= 0.6 is 15.9 Å². The lowest BCUT2D eigenvalue weighted by molar-refractivity contribution is 0.169. The Morgan fingerprint density at radius 3 is 2.74 bits per heavy atom. The number of hydrogen-bond acceptors (Lipinski definition) is 3. The van der Waals surface area contributed by atoms with Crippen LogP contribution in [-0.4, -0.2) is 10.1 Å². The number of rotatable bonds is 4. The second-order valence-electron chi connectivity index (χ2n) is 4.02. The van der Waals surface area contributed by atoms with E-state index in [-0.39, 0.29) is 5.82 Å². The second kappa shape index (κ2) is 6.12. The normalized spacial score (nSPS) is 12.2. The minimum Gasteiger partial charge on any atom is -0.455 e. The SMILES string of the molecule is CC[C@H](O)c1ccc(Oc2ccc(F)cc2Br)cn1. The highest BCUT2D eigenvalue weighted by Crippen LogP contribution is 2.30. The third kappa shape index (κ3) is 3.52. The maximum Gasteiger partial charge on any atom is 0.145 e. The molecule has 1 aromatic heterocycles. The number of hydrogen-bond donors (Lipinski definition) is 1. The van der Waals surface area contributed by atoms with Crippen LogP contribution in [0.4, 0.5) is 4.39 Å². The van der Waals surface area contributed by atoms with Crippen LogP contribution in [0.5, 0.6) is 11.5 Å². The Kier molecular flexibility index (Phi) is 4.50. The molecule has 19 heavy (non-hydrogen) atoms. The first-order valence-electron chi connectivity index (χ1n) is 5.87. The van der Waals surface area contributed by atoms with Crippen molar-refractivity contribution >= 4 is 15.9 Å². The summed E-state index contributed by atoms with van der Waals surface area (Å²) in [5, 5.41) is 9.63. The van der Waals surface area contributed by atoms with Gasteiger partial charge in [-0.3, -0.25) is 4.98 Å². The molecule has 2 aromatic rings. The maximum absolute atomic E-state index is 12.9. The van der Waals surface area contributed by atoms with Crippen LogP contribution in [0, 0.1) is 5.82 Å². The van der Waals surface area contributed by atoms with Gasteiger partial charge in [0, 0.05) is 0 Å².